The highest BCUT2D eigenvalue weighted by molar-refractivity contribution is 5.62. The van der Waals surface area contributed by atoms with Gasteiger partial charge in [0.2, 0.25) is 0 Å². The average Bonchev–Trinajstić information content (AvgIpc) is 2.27. The molecule has 0 atom stereocenters. The zero-order chi connectivity index (χ0) is 10.8. The fourth-order valence-corrected chi connectivity index (χ4v) is 2.15. The Hall–Kier alpha value is -1.08. The maximum Gasteiger partial charge on any atom is 0.0236 e. The van der Waals surface area contributed by atoms with Crippen LogP contribution >= 0.6 is 0 Å². The smallest absolute Gasteiger partial charge is 0.0236 e. The predicted octanol–water partition coefficient (Wildman–Crippen LogP) is 3.10. The van der Waals surface area contributed by atoms with Crippen LogP contribution in [0.25, 0.3) is 5.57 Å². The van der Waals surface area contributed by atoms with Gasteiger partial charge in [-0.1, -0.05) is 37.3 Å². The van der Waals surface area contributed by atoms with Crippen LogP contribution in [-0.4, -0.2) is 18.0 Å². The van der Waals surface area contributed by atoms with Gasteiger partial charge in [0.15, 0.2) is 0 Å². The van der Waals surface area contributed by atoms with Crippen molar-refractivity contribution in [1.82, 2.24) is 4.90 Å². The third-order valence-electron chi connectivity index (χ3n) is 3.24. The van der Waals surface area contributed by atoms with Gasteiger partial charge in [0.05, 0.1) is 0 Å². The molecule has 0 aromatic heterocycles. The van der Waals surface area contributed by atoms with Crippen molar-refractivity contribution in [2.75, 3.05) is 13.1 Å². The van der Waals surface area contributed by atoms with Crippen molar-refractivity contribution in [3.05, 3.63) is 41.5 Å². The monoisotopic (exact) mass is 201 g/mol. The minimum Gasteiger partial charge on any atom is -0.299 e. The topological polar surface area (TPSA) is 3.24 Å². The normalized spacial score (nSPS) is 16.1. The number of hydrogen-bond donors (Lipinski definition) is 0. The van der Waals surface area contributed by atoms with Crippen LogP contribution in [0.5, 0.6) is 0 Å². The van der Waals surface area contributed by atoms with E-state index in [0.29, 0.717) is 0 Å². The van der Waals surface area contributed by atoms with Crippen molar-refractivity contribution < 1.29 is 0 Å². The van der Waals surface area contributed by atoms with Crippen molar-refractivity contribution in [2.45, 2.75) is 26.8 Å². The Labute approximate surface area is 92.4 Å². The molecule has 0 bridgehead atoms. The summed E-state index contributed by atoms with van der Waals surface area (Å²) in [5.74, 6) is 0. The molecule has 0 saturated carbocycles. The molecule has 0 spiro atoms. The van der Waals surface area contributed by atoms with E-state index in [9.17, 15) is 0 Å². The quantitative estimate of drug-likeness (QED) is 0.710. The highest BCUT2D eigenvalue weighted by atomic mass is 15.1. The fraction of sp³-hybridized carbons (Fsp3) is 0.429. The maximum atomic E-state index is 3.99. The van der Waals surface area contributed by atoms with E-state index < -0.39 is 0 Å². The first-order valence-electron chi connectivity index (χ1n) is 5.70. The highest BCUT2D eigenvalue weighted by Crippen LogP contribution is 2.22. The van der Waals surface area contributed by atoms with Crippen molar-refractivity contribution in [2.24, 2.45) is 0 Å². The Kier molecular flexibility index (Phi) is 2.92. The van der Waals surface area contributed by atoms with Gasteiger partial charge in [-0.05, 0) is 36.6 Å². The third kappa shape index (κ3) is 2.13. The molecule has 1 aliphatic rings. The number of hydrogen-bond acceptors (Lipinski definition) is 1. The lowest BCUT2D eigenvalue weighted by Crippen LogP contribution is -2.30. The summed E-state index contributed by atoms with van der Waals surface area (Å²) in [4.78, 5) is 2.49. The predicted molar refractivity (Wildman–Crippen MR) is 65.8 cm³/mol. The van der Waals surface area contributed by atoms with Crippen molar-refractivity contribution in [3.8, 4) is 0 Å². The standard InChI is InChI=1S/C14H19N/c1-4-15-8-7-13-9-12(11(2)3)5-6-14(13)10-15/h5-6,9H,2,4,7-8,10H2,1,3H3. The molecular weight excluding hydrogens is 182 g/mol. The van der Waals surface area contributed by atoms with E-state index in [0.717, 1.165) is 18.7 Å². The lowest BCUT2D eigenvalue weighted by Gasteiger charge is -2.27. The van der Waals surface area contributed by atoms with Gasteiger partial charge >= 0.3 is 0 Å². The van der Waals surface area contributed by atoms with E-state index in [2.05, 4.69) is 43.5 Å². The van der Waals surface area contributed by atoms with Gasteiger partial charge < -0.3 is 0 Å². The molecule has 0 radical (unpaired) electrons. The van der Waals surface area contributed by atoms with E-state index >= 15 is 0 Å². The first-order chi connectivity index (χ1) is 7.20. The maximum absolute atomic E-state index is 3.99. The highest BCUT2D eigenvalue weighted by Gasteiger charge is 2.14. The number of allylic oxidation sites excluding steroid dienone is 1. The van der Waals surface area contributed by atoms with Crippen molar-refractivity contribution in [3.63, 3.8) is 0 Å². The average molecular weight is 201 g/mol. The Morgan fingerprint density at radius 2 is 2.20 bits per heavy atom. The van der Waals surface area contributed by atoms with Gasteiger partial charge in [-0.3, -0.25) is 4.90 Å². The van der Waals surface area contributed by atoms with Crippen LogP contribution in [0.4, 0.5) is 0 Å². The fourth-order valence-electron chi connectivity index (χ4n) is 2.15. The third-order valence-corrected chi connectivity index (χ3v) is 3.24. The molecule has 0 fully saturated rings. The first-order valence-corrected chi connectivity index (χ1v) is 5.70. The van der Waals surface area contributed by atoms with Gasteiger partial charge in [0.1, 0.15) is 0 Å². The first kappa shape index (κ1) is 10.4. The number of benzene rings is 1. The van der Waals surface area contributed by atoms with E-state index in [-0.39, 0.29) is 0 Å². The summed E-state index contributed by atoms with van der Waals surface area (Å²) >= 11 is 0. The molecule has 1 aromatic carbocycles. The Balaban J connectivity index is 2.28. The van der Waals surface area contributed by atoms with Crippen LogP contribution < -0.4 is 0 Å². The minimum atomic E-state index is 1.11. The Morgan fingerprint density at radius 1 is 1.40 bits per heavy atom. The van der Waals surface area contributed by atoms with Gasteiger partial charge in [-0.2, -0.15) is 0 Å². The second-order valence-corrected chi connectivity index (χ2v) is 4.38. The Bertz CT molecular complexity index is 379. The summed E-state index contributed by atoms with van der Waals surface area (Å²) < 4.78 is 0. The number of likely N-dealkylation sites (N-methyl/N-ethyl adjacent to an activating group) is 1. The van der Waals surface area contributed by atoms with Crippen LogP contribution in [0, 0.1) is 0 Å². The largest absolute Gasteiger partial charge is 0.299 e. The summed E-state index contributed by atoms with van der Waals surface area (Å²) in [6.45, 7) is 11.8. The van der Waals surface area contributed by atoms with Gasteiger partial charge in [0.25, 0.3) is 0 Å². The van der Waals surface area contributed by atoms with Gasteiger partial charge in [-0.25, -0.2) is 0 Å². The zero-order valence-corrected chi connectivity index (χ0v) is 9.71. The molecular formula is C14H19N. The summed E-state index contributed by atoms with van der Waals surface area (Å²) in [6.07, 6.45) is 1.18. The lowest BCUT2D eigenvalue weighted by molar-refractivity contribution is 0.268. The number of rotatable bonds is 2. The molecule has 15 heavy (non-hydrogen) atoms. The molecule has 80 valence electrons. The van der Waals surface area contributed by atoms with Crippen LogP contribution in [0.15, 0.2) is 24.8 Å². The van der Waals surface area contributed by atoms with Crippen molar-refractivity contribution >= 4 is 5.57 Å². The molecule has 0 saturated heterocycles. The molecule has 0 amide bonds. The molecule has 1 aliphatic heterocycles. The Morgan fingerprint density at radius 3 is 2.87 bits per heavy atom. The minimum absolute atomic E-state index is 1.11. The van der Waals surface area contributed by atoms with E-state index in [4.69, 9.17) is 0 Å². The van der Waals surface area contributed by atoms with Gasteiger partial charge in [0, 0.05) is 13.1 Å². The second-order valence-electron chi connectivity index (χ2n) is 4.38. The van der Waals surface area contributed by atoms with Crippen molar-refractivity contribution in [1.29, 1.82) is 0 Å². The molecule has 1 aromatic rings. The summed E-state index contributed by atoms with van der Waals surface area (Å²) in [6, 6.07) is 6.77. The number of nitrogens with zero attached hydrogens (tertiary/aromatic N) is 1. The van der Waals surface area contributed by atoms with E-state index in [1.807, 2.05) is 0 Å². The van der Waals surface area contributed by atoms with Crippen LogP contribution in [0.2, 0.25) is 0 Å². The lowest BCUT2D eigenvalue weighted by atomic mass is 9.95. The molecule has 2 rings (SSSR count). The van der Waals surface area contributed by atoms with E-state index in [1.165, 1.54) is 29.7 Å². The van der Waals surface area contributed by atoms with Crippen LogP contribution in [0.1, 0.15) is 30.5 Å². The summed E-state index contributed by atoms with van der Waals surface area (Å²) in [7, 11) is 0. The molecule has 0 aliphatic carbocycles. The van der Waals surface area contributed by atoms with Crippen LogP contribution in [-0.2, 0) is 13.0 Å². The van der Waals surface area contributed by atoms with Crippen LogP contribution in [0.3, 0.4) is 0 Å². The molecule has 1 heterocycles. The zero-order valence-electron chi connectivity index (χ0n) is 9.71. The second kappa shape index (κ2) is 4.19. The summed E-state index contributed by atoms with van der Waals surface area (Å²) in [5.41, 5.74) is 5.46. The van der Waals surface area contributed by atoms with Gasteiger partial charge in [-0.15, -0.1) is 0 Å². The summed E-state index contributed by atoms with van der Waals surface area (Å²) in [5, 5.41) is 0. The molecule has 0 unspecified atom stereocenters. The molecule has 1 nitrogen and oxygen atoms in total. The van der Waals surface area contributed by atoms with E-state index in [1.54, 1.807) is 0 Å². The molecule has 1 heteroatoms. The number of fused-ring (bicyclic) bond motifs is 1. The molecule has 0 N–H and O–H groups in total. The SMILES string of the molecule is C=C(C)c1ccc2c(c1)CCN(CC)C2.